The predicted molar refractivity (Wildman–Crippen MR) is 133 cm³/mol. The molecule has 3 aromatic rings. The summed E-state index contributed by atoms with van der Waals surface area (Å²) in [6.07, 6.45) is -4.45. The van der Waals surface area contributed by atoms with Gasteiger partial charge in [0.2, 0.25) is 0 Å². The van der Waals surface area contributed by atoms with Crippen LogP contribution < -0.4 is 5.32 Å². The van der Waals surface area contributed by atoms with Crippen LogP contribution in [0.3, 0.4) is 0 Å². The molecule has 6 atom stereocenters. The van der Waals surface area contributed by atoms with Crippen LogP contribution in [0.2, 0.25) is 0 Å². The molecule has 0 unspecified atom stereocenters. The molecular formula is C24H31FN6O4S. The number of anilines is 1. The van der Waals surface area contributed by atoms with Crippen molar-refractivity contribution >= 4 is 28.7 Å². The Morgan fingerprint density at radius 1 is 1.33 bits per heavy atom. The van der Waals surface area contributed by atoms with Crippen molar-refractivity contribution in [1.29, 1.82) is 0 Å². The van der Waals surface area contributed by atoms with E-state index in [1.807, 2.05) is 6.92 Å². The number of aliphatic hydroxyl groups excluding tert-OH is 2. The maximum absolute atomic E-state index is 14.2. The predicted octanol–water partition coefficient (Wildman–Crippen LogP) is 2.18. The fraction of sp³-hybridized carbons (Fsp3) is 0.583. The Labute approximate surface area is 217 Å². The van der Waals surface area contributed by atoms with E-state index < -0.39 is 61.7 Å². The molecule has 2 saturated carbocycles. The first-order valence-electron chi connectivity index (χ1n) is 13.8. The SMILES string of the molecule is [2H]C([2H])(O)CO[C@H]1C[C@@H](n2nnc3c(N[C@H]4[C@H](c5ccc(C)c(F)c5)C4([2H])[2H])nc(SCCC)nc32)[C@H](O)[C@@H]1O. The molecule has 0 radical (unpaired) electrons. The van der Waals surface area contributed by atoms with Crippen LogP contribution in [0.4, 0.5) is 10.2 Å². The number of aryl methyl sites for hydroxylation is 1. The van der Waals surface area contributed by atoms with Crippen molar-refractivity contribution in [2.45, 2.75) is 74.5 Å². The Hall–Kier alpha value is -2.38. The summed E-state index contributed by atoms with van der Waals surface area (Å²) in [4.78, 5) is 9.15. The van der Waals surface area contributed by atoms with Gasteiger partial charge in [0, 0.05) is 26.9 Å². The van der Waals surface area contributed by atoms with Crippen LogP contribution >= 0.6 is 11.8 Å². The topological polar surface area (TPSA) is 138 Å². The normalized spacial score (nSPS) is 31.1. The van der Waals surface area contributed by atoms with Crippen molar-refractivity contribution in [3.05, 3.63) is 35.1 Å². The highest BCUT2D eigenvalue weighted by molar-refractivity contribution is 7.99. The number of hydrogen-bond acceptors (Lipinski definition) is 10. The molecule has 0 aliphatic heterocycles. The van der Waals surface area contributed by atoms with Gasteiger partial charge in [0.05, 0.1) is 28.1 Å². The Kier molecular flexibility index (Phi) is 6.05. The van der Waals surface area contributed by atoms with Gasteiger partial charge in [-0.1, -0.05) is 36.0 Å². The largest absolute Gasteiger partial charge is 0.394 e. The van der Waals surface area contributed by atoms with E-state index in [9.17, 15) is 19.7 Å². The zero-order valence-electron chi connectivity index (χ0n) is 23.8. The van der Waals surface area contributed by atoms with Crippen LogP contribution in [0.1, 0.15) is 54.7 Å². The summed E-state index contributed by atoms with van der Waals surface area (Å²) in [6, 6.07) is 3.15. The third-order valence-electron chi connectivity index (χ3n) is 6.44. The third-order valence-corrected chi connectivity index (χ3v) is 7.50. The monoisotopic (exact) mass is 522 g/mol. The van der Waals surface area contributed by atoms with Crippen LogP contribution in [0.25, 0.3) is 11.2 Å². The van der Waals surface area contributed by atoms with Crippen molar-refractivity contribution in [2.75, 3.05) is 24.2 Å². The lowest BCUT2D eigenvalue weighted by molar-refractivity contribution is -0.0629. The molecule has 36 heavy (non-hydrogen) atoms. The fourth-order valence-corrected chi connectivity index (χ4v) is 5.11. The number of aliphatic hydroxyl groups is 3. The molecule has 5 rings (SSSR count). The molecular weight excluding hydrogens is 487 g/mol. The quantitative estimate of drug-likeness (QED) is 0.231. The van der Waals surface area contributed by atoms with E-state index in [1.54, 1.807) is 19.1 Å². The van der Waals surface area contributed by atoms with E-state index in [-0.39, 0.29) is 23.4 Å². The van der Waals surface area contributed by atoms with Gasteiger partial charge in [-0.25, -0.2) is 19.0 Å². The summed E-state index contributed by atoms with van der Waals surface area (Å²) in [5, 5.41) is 42.5. The number of thioether (sulfide) groups is 1. The van der Waals surface area contributed by atoms with E-state index in [0.717, 1.165) is 6.42 Å². The molecule has 0 saturated heterocycles. The Morgan fingerprint density at radius 3 is 2.92 bits per heavy atom. The van der Waals surface area contributed by atoms with Gasteiger partial charge >= 0.3 is 0 Å². The molecule has 194 valence electrons. The molecule has 2 heterocycles. The number of fused-ring (bicyclic) bond motifs is 1. The molecule has 2 fully saturated rings. The zero-order valence-corrected chi connectivity index (χ0v) is 20.6. The van der Waals surface area contributed by atoms with Gasteiger partial charge in [0.1, 0.15) is 18.0 Å². The summed E-state index contributed by atoms with van der Waals surface area (Å²) < 4.78 is 52.4. The molecule has 2 aliphatic rings. The van der Waals surface area contributed by atoms with Gasteiger partial charge in [0.25, 0.3) is 0 Å². The van der Waals surface area contributed by atoms with Gasteiger partial charge in [-0.15, -0.1) is 5.10 Å². The standard InChI is InChI=1S/C24H31FN6O4S/c1-3-8-36-24-27-22(26-16-10-14(16)13-5-4-12(2)15(25)9-13)19-23(28-24)31(30-29-19)17-11-18(35-7-6-32)21(34)20(17)33/h4-5,9,14,16-18,20-21,32-34H,3,6-8,10-11H2,1-2H3,(H,26,27,28)/t14-,16+,17+,18-,20-,21+/m0/s1/i6D2,10D2. The van der Waals surface area contributed by atoms with Crippen molar-refractivity contribution in [2.24, 2.45) is 0 Å². The molecule has 12 heteroatoms. The smallest absolute Gasteiger partial charge is 0.191 e. The van der Waals surface area contributed by atoms with Crippen molar-refractivity contribution < 1.29 is 29.9 Å². The first-order chi connectivity index (χ1) is 18.8. The van der Waals surface area contributed by atoms with Crippen molar-refractivity contribution in [3.63, 3.8) is 0 Å². The van der Waals surface area contributed by atoms with E-state index in [1.165, 1.54) is 22.5 Å². The molecule has 1 aromatic carbocycles. The average molecular weight is 523 g/mol. The Bertz CT molecular complexity index is 1400. The summed E-state index contributed by atoms with van der Waals surface area (Å²) >= 11 is 1.38. The van der Waals surface area contributed by atoms with Gasteiger partial charge < -0.3 is 25.4 Å². The number of nitrogens with one attached hydrogen (secondary N) is 1. The number of benzene rings is 1. The minimum absolute atomic E-state index is 0.0489. The average Bonchev–Trinajstić information content (AvgIpc) is 3.14. The number of rotatable bonds is 10. The number of ether oxygens (including phenoxy) is 1. The maximum Gasteiger partial charge on any atom is 0.191 e. The fourth-order valence-electron chi connectivity index (χ4n) is 4.41. The zero-order chi connectivity index (χ0) is 29.0. The molecule has 2 aromatic heterocycles. The third kappa shape index (κ3) is 4.92. The lowest BCUT2D eigenvalue weighted by atomic mass is 10.1. The molecule has 4 N–H and O–H groups in total. The summed E-state index contributed by atoms with van der Waals surface area (Å²) in [5.74, 6) is -0.0643. The molecule has 0 spiro atoms. The summed E-state index contributed by atoms with van der Waals surface area (Å²) in [6.45, 7) is 0.367. The maximum atomic E-state index is 14.2. The highest BCUT2D eigenvalue weighted by Gasteiger charge is 2.45. The Balaban J connectivity index is 1.46. The van der Waals surface area contributed by atoms with E-state index in [0.29, 0.717) is 22.0 Å². The molecule has 2 aliphatic carbocycles. The lowest BCUT2D eigenvalue weighted by Crippen LogP contribution is -2.33. The van der Waals surface area contributed by atoms with Crippen LogP contribution in [-0.4, -0.2) is 83.6 Å². The van der Waals surface area contributed by atoms with Crippen molar-refractivity contribution in [1.82, 2.24) is 25.0 Å². The van der Waals surface area contributed by atoms with E-state index in [2.05, 4.69) is 25.6 Å². The molecule has 0 amide bonds. The second-order valence-corrected chi connectivity index (χ2v) is 10.0. The second kappa shape index (κ2) is 10.5. The number of aromatic nitrogens is 5. The minimum Gasteiger partial charge on any atom is -0.394 e. The van der Waals surface area contributed by atoms with E-state index in [4.69, 9.17) is 10.2 Å². The number of halogens is 1. The first-order valence-corrected chi connectivity index (χ1v) is 12.8. The van der Waals surface area contributed by atoms with Gasteiger partial charge in [-0.3, -0.25) is 0 Å². The van der Waals surface area contributed by atoms with E-state index >= 15 is 0 Å². The highest BCUT2D eigenvalue weighted by Crippen LogP contribution is 2.44. The summed E-state index contributed by atoms with van der Waals surface area (Å²) in [5.41, 5.74) is 1.49. The van der Waals surface area contributed by atoms with Crippen LogP contribution in [0, 0.1) is 12.7 Å². The van der Waals surface area contributed by atoms with Crippen molar-refractivity contribution in [3.8, 4) is 0 Å². The lowest BCUT2D eigenvalue weighted by Gasteiger charge is -2.17. The molecule has 0 bridgehead atoms. The first kappa shape index (κ1) is 20.7. The van der Waals surface area contributed by atoms with Crippen LogP contribution in [-0.2, 0) is 4.74 Å². The van der Waals surface area contributed by atoms with Crippen LogP contribution in [0.5, 0.6) is 0 Å². The van der Waals surface area contributed by atoms with Gasteiger partial charge in [-0.05, 0) is 36.9 Å². The number of nitrogens with zero attached hydrogens (tertiary/aromatic N) is 5. The highest BCUT2D eigenvalue weighted by atomic mass is 32.2. The summed E-state index contributed by atoms with van der Waals surface area (Å²) in [7, 11) is 0. The Morgan fingerprint density at radius 2 is 2.17 bits per heavy atom. The van der Waals surface area contributed by atoms with Gasteiger partial charge in [-0.2, -0.15) is 0 Å². The molecule has 10 nitrogen and oxygen atoms in total. The second-order valence-electron chi connectivity index (χ2n) is 8.98. The minimum atomic E-state index is -2.60. The number of hydrogen-bond donors (Lipinski definition) is 4. The van der Waals surface area contributed by atoms with Gasteiger partial charge in [0.15, 0.2) is 22.1 Å². The van der Waals surface area contributed by atoms with Crippen LogP contribution in [0.15, 0.2) is 23.4 Å².